The van der Waals surface area contributed by atoms with Crippen molar-refractivity contribution in [2.75, 3.05) is 18.1 Å². The fraction of sp³-hybridized carbons (Fsp3) is 0.524. The number of benzene rings is 1. The Morgan fingerprint density at radius 1 is 1.37 bits per heavy atom. The third-order valence-corrected chi connectivity index (χ3v) is 7.76. The molecule has 1 aromatic heterocycles. The van der Waals surface area contributed by atoms with Crippen LogP contribution >= 0.6 is 23.1 Å². The van der Waals surface area contributed by atoms with Crippen molar-refractivity contribution in [3.8, 4) is 0 Å². The first-order valence-corrected chi connectivity index (χ1v) is 12.0. The Hall–Kier alpha value is -2.13. The highest BCUT2D eigenvalue weighted by Gasteiger charge is 2.56. The summed E-state index contributed by atoms with van der Waals surface area (Å²) < 4.78 is 1.94. The lowest BCUT2D eigenvalue weighted by molar-refractivity contribution is -0.136. The Morgan fingerprint density at radius 2 is 2.13 bits per heavy atom. The van der Waals surface area contributed by atoms with E-state index < -0.39 is 17.5 Å². The van der Waals surface area contributed by atoms with Crippen molar-refractivity contribution in [3.63, 3.8) is 0 Å². The molecule has 0 radical (unpaired) electrons. The van der Waals surface area contributed by atoms with Crippen molar-refractivity contribution in [1.82, 2.24) is 15.2 Å². The number of hydrogen-bond acceptors (Lipinski definition) is 6. The van der Waals surface area contributed by atoms with Crippen molar-refractivity contribution >= 4 is 56.8 Å². The third-order valence-electron chi connectivity index (χ3n) is 5.75. The molecule has 0 bridgehead atoms. The number of aromatic nitrogens is 1. The molecule has 2 atom stereocenters. The molecule has 1 aliphatic carbocycles. The maximum Gasteiger partial charge on any atom is 0.325 e. The second-order valence-corrected chi connectivity index (χ2v) is 11.3. The van der Waals surface area contributed by atoms with Crippen LogP contribution in [0.2, 0.25) is 0 Å². The van der Waals surface area contributed by atoms with E-state index >= 15 is 0 Å². The molecule has 1 aromatic carbocycles. The second-order valence-electron chi connectivity index (χ2n) is 9.17. The average Bonchev–Trinajstić information content (AvgIpc) is 3.14. The van der Waals surface area contributed by atoms with Gasteiger partial charge in [0.25, 0.3) is 5.91 Å². The number of fused-ring (bicyclic) bond motifs is 1. The fourth-order valence-electron chi connectivity index (χ4n) is 5.06. The minimum atomic E-state index is -0.895. The number of carbonyl (C=O) groups is 3. The second kappa shape index (κ2) is 7.53. The van der Waals surface area contributed by atoms with Gasteiger partial charge in [-0.05, 0) is 55.1 Å². The maximum atomic E-state index is 13.2. The molecule has 1 saturated carbocycles. The van der Waals surface area contributed by atoms with Gasteiger partial charge in [0.2, 0.25) is 5.91 Å². The Kier molecular flexibility index (Phi) is 5.30. The highest BCUT2D eigenvalue weighted by molar-refractivity contribution is 8.00. The molecule has 1 spiro atoms. The van der Waals surface area contributed by atoms with E-state index in [0.717, 1.165) is 25.9 Å². The van der Waals surface area contributed by atoms with E-state index in [-0.39, 0.29) is 17.9 Å². The van der Waals surface area contributed by atoms with Crippen LogP contribution in [0.1, 0.15) is 40.0 Å². The summed E-state index contributed by atoms with van der Waals surface area (Å²) in [4.78, 5) is 43.9. The van der Waals surface area contributed by atoms with E-state index in [0.29, 0.717) is 24.4 Å². The van der Waals surface area contributed by atoms with E-state index in [1.165, 1.54) is 0 Å². The van der Waals surface area contributed by atoms with Crippen LogP contribution in [0.4, 0.5) is 10.5 Å². The number of anilines is 1. The lowest BCUT2D eigenvalue weighted by Crippen LogP contribution is -2.54. The van der Waals surface area contributed by atoms with Gasteiger partial charge in [0.05, 0.1) is 10.2 Å². The minimum Gasteiger partial charge on any atom is -0.324 e. The van der Waals surface area contributed by atoms with Gasteiger partial charge in [0.15, 0.2) is 4.34 Å². The van der Waals surface area contributed by atoms with Gasteiger partial charge in [-0.3, -0.25) is 14.5 Å². The van der Waals surface area contributed by atoms with Crippen molar-refractivity contribution in [2.24, 2.45) is 11.3 Å². The van der Waals surface area contributed by atoms with Crippen molar-refractivity contribution in [1.29, 1.82) is 0 Å². The van der Waals surface area contributed by atoms with Crippen LogP contribution in [-0.4, -0.2) is 46.1 Å². The summed E-state index contributed by atoms with van der Waals surface area (Å²) in [6.07, 6.45) is 4.18. The smallest absolute Gasteiger partial charge is 0.324 e. The Labute approximate surface area is 184 Å². The molecule has 160 valence electrons. The number of hydrogen-bond donors (Lipinski definition) is 2. The first-order valence-electron chi connectivity index (χ1n) is 9.99. The molecule has 7 nitrogen and oxygen atoms in total. The summed E-state index contributed by atoms with van der Waals surface area (Å²) in [5.74, 6) is -0.360. The molecule has 2 aromatic rings. The Balaban J connectivity index is 1.47. The zero-order valence-corrected chi connectivity index (χ0v) is 19.2. The highest BCUT2D eigenvalue weighted by Crippen LogP contribution is 2.46. The minimum absolute atomic E-state index is 0.0430. The van der Waals surface area contributed by atoms with Crippen LogP contribution in [0.15, 0.2) is 22.5 Å². The predicted octanol–water partition coefficient (Wildman–Crippen LogP) is 4.09. The molecular formula is C21H26N4O3S2. The molecule has 1 saturated heterocycles. The van der Waals surface area contributed by atoms with Gasteiger partial charge in [0.1, 0.15) is 12.1 Å². The number of nitrogens with one attached hydrogen (secondary N) is 2. The molecule has 2 fully saturated rings. The topological polar surface area (TPSA) is 91.4 Å². The number of carbonyl (C=O) groups excluding carboxylic acids is 3. The molecule has 2 unspecified atom stereocenters. The average molecular weight is 447 g/mol. The van der Waals surface area contributed by atoms with Crippen molar-refractivity contribution < 1.29 is 14.4 Å². The van der Waals surface area contributed by atoms with Crippen LogP contribution in [-0.2, 0) is 9.59 Å². The summed E-state index contributed by atoms with van der Waals surface area (Å²) in [6.45, 7) is 6.06. The quantitative estimate of drug-likeness (QED) is 0.545. The van der Waals surface area contributed by atoms with Gasteiger partial charge < -0.3 is 10.6 Å². The zero-order chi connectivity index (χ0) is 21.7. The van der Waals surface area contributed by atoms with E-state index in [4.69, 9.17) is 0 Å². The van der Waals surface area contributed by atoms with Crippen LogP contribution in [0, 0.1) is 11.3 Å². The van der Waals surface area contributed by atoms with Crippen LogP contribution in [0.3, 0.4) is 0 Å². The van der Waals surface area contributed by atoms with Crippen LogP contribution in [0.25, 0.3) is 10.2 Å². The highest BCUT2D eigenvalue weighted by atomic mass is 32.2. The number of amides is 4. The first kappa shape index (κ1) is 21.1. The standard InChI is InChI=1S/C21H26N4O3S2/c1-12-8-20(2,3)11-21(9-12)17(27)25(18(28)24-21)10-16(26)22-13-5-6-14-15(7-13)30-19(23-14)29-4/h5-7,12H,8-11H2,1-4H3,(H,22,26)(H,24,28). The van der Waals surface area contributed by atoms with Crippen LogP contribution in [0.5, 0.6) is 0 Å². The summed E-state index contributed by atoms with van der Waals surface area (Å²) in [5.41, 5.74) is 0.567. The van der Waals surface area contributed by atoms with E-state index in [1.807, 2.05) is 18.4 Å². The number of rotatable bonds is 4. The largest absolute Gasteiger partial charge is 0.325 e. The van der Waals surface area contributed by atoms with Gasteiger partial charge in [-0.15, -0.1) is 11.3 Å². The van der Waals surface area contributed by atoms with Gasteiger partial charge >= 0.3 is 6.03 Å². The fourth-order valence-corrected chi connectivity index (χ4v) is 6.59. The molecule has 2 N–H and O–H groups in total. The normalized spacial score (nSPS) is 25.7. The number of nitrogens with zero attached hydrogens (tertiary/aromatic N) is 2. The first-order chi connectivity index (χ1) is 14.1. The summed E-state index contributed by atoms with van der Waals surface area (Å²) in [6, 6.07) is 5.02. The molecule has 30 heavy (non-hydrogen) atoms. The van der Waals surface area contributed by atoms with Crippen molar-refractivity contribution in [3.05, 3.63) is 18.2 Å². The third kappa shape index (κ3) is 3.92. The molecule has 4 amide bonds. The van der Waals surface area contributed by atoms with Gasteiger partial charge in [-0.25, -0.2) is 9.78 Å². The van der Waals surface area contributed by atoms with Crippen LogP contribution < -0.4 is 10.6 Å². The van der Waals surface area contributed by atoms with Gasteiger partial charge in [-0.1, -0.05) is 32.5 Å². The number of thiazole rings is 1. The maximum absolute atomic E-state index is 13.2. The Morgan fingerprint density at radius 3 is 2.83 bits per heavy atom. The molecule has 9 heteroatoms. The zero-order valence-electron chi connectivity index (χ0n) is 17.6. The SMILES string of the molecule is CSc1nc2ccc(NC(=O)CN3C(=O)NC4(CC(C)CC(C)(C)C4)C3=O)cc2s1. The van der Waals surface area contributed by atoms with Gasteiger partial charge in [0, 0.05) is 5.69 Å². The van der Waals surface area contributed by atoms with E-state index in [1.54, 1.807) is 29.2 Å². The molecule has 4 rings (SSSR count). The molecule has 1 aliphatic heterocycles. The lowest BCUT2D eigenvalue weighted by Gasteiger charge is -2.43. The predicted molar refractivity (Wildman–Crippen MR) is 120 cm³/mol. The summed E-state index contributed by atoms with van der Waals surface area (Å²) in [7, 11) is 0. The molecule has 2 heterocycles. The van der Waals surface area contributed by atoms with E-state index in [9.17, 15) is 14.4 Å². The lowest BCUT2D eigenvalue weighted by atomic mass is 9.64. The molecular weight excluding hydrogens is 420 g/mol. The molecule has 2 aliphatic rings. The summed E-state index contributed by atoms with van der Waals surface area (Å²) in [5, 5.41) is 5.71. The van der Waals surface area contributed by atoms with Crippen molar-refractivity contribution in [2.45, 2.75) is 49.9 Å². The number of imide groups is 1. The number of thioether (sulfide) groups is 1. The van der Waals surface area contributed by atoms with E-state index in [2.05, 4.69) is 36.4 Å². The monoisotopic (exact) mass is 446 g/mol. The number of urea groups is 1. The summed E-state index contributed by atoms with van der Waals surface area (Å²) >= 11 is 3.14. The Bertz CT molecular complexity index is 1030. The van der Waals surface area contributed by atoms with Gasteiger partial charge in [-0.2, -0.15) is 0 Å².